The Balaban J connectivity index is 1.80. The van der Waals surface area contributed by atoms with Crippen molar-refractivity contribution in [2.45, 2.75) is 57.4 Å². The van der Waals surface area contributed by atoms with Gasteiger partial charge >= 0.3 is 0 Å². The van der Waals surface area contributed by atoms with Crippen LogP contribution in [0.25, 0.3) is 0 Å². The highest BCUT2D eigenvalue weighted by Crippen LogP contribution is 2.25. The number of benzene rings is 2. The molecule has 2 aromatic rings. The van der Waals surface area contributed by atoms with Gasteiger partial charge in [-0.1, -0.05) is 31.2 Å². The second kappa shape index (κ2) is 8.35. The van der Waals surface area contributed by atoms with Crippen molar-refractivity contribution in [2.75, 3.05) is 4.72 Å². The van der Waals surface area contributed by atoms with Crippen molar-refractivity contribution in [1.29, 1.82) is 0 Å². The van der Waals surface area contributed by atoms with E-state index in [0.717, 1.165) is 36.8 Å². The standard InChI is InChI=1S/C22H28N2O3S/c1-15-8-11-18(12-9-15)23-22(25)20-14-19(13-10-16(20)2)28(26,27)24-21-7-5-4-6-17(21)3/h4-7,10,13-15,18,24H,8-9,11-12H2,1-3H3,(H,23,25). The summed E-state index contributed by atoms with van der Waals surface area (Å²) < 4.78 is 28.3. The van der Waals surface area contributed by atoms with Gasteiger partial charge in [0.05, 0.1) is 10.6 Å². The third kappa shape index (κ3) is 4.73. The maximum Gasteiger partial charge on any atom is 0.261 e. The lowest BCUT2D eigenvalue weighted by molar-refractivity contribution is 0.0922. The summed E-state index contributed by atoms with van der Waals surface area (Å²) in [7, 11) is -3.78. The van der Waals surface area contributed by atoms with Crippen LogP contribution in [-0.4, -0.2) is 20.4 Å². The maximum absolute atomic E-state index is 12.8. The van der Waals surface area contributed by atoms with Gasteiger partial charge in [0.1, 0.15) is 0 Å². The van der Waals surface area contributed by atoms with E-state index in [1.54, 1.807) is 18.2 Å². The molecular formula is C22H28N2O3S. The highest BCUT2D eigenvalue weighted by atomic mass is 32.2. The van der Waals surface area contributed by atoms with Gasteiger partial charge in [0.25, 0.3) is 15.9 Å². The molecule has 0 bridgehead atoms. The smallest absolute Gasteiger partial charge is 0.261 e. The van der Waals surface area contributed by atoms with Crippen LogP contribution in [0.15, 0.2) is 47.4 Å². The molecule has 6 heteroatoms. The number of hydrogen-bond donors (Lipinski definition) is 2. The van der Waals surface area contributed by atoms with E-state index in [-0.39, 0.29) is 16.8 Å². The van der Waals surface area contributed by atoms with Gasteiger partial charge in [-0.15, -0.1) is 0 Å². The van der Waals surface area contributed by atoms with Gasteiger partial charge in [-0.25, -0.2) is 8.42 Å². The number of sulfonamides is 1. The number of hydrogen-bond acceptors (Lipinski definition) is 3. The topological polar surface area (TPSA) is 75.3 Å². The van der Waals surface area contributed by atoms with E-state index in [1.807, 2.05) is 26.0 Å². The van der Waals surface area contributed by atoms with Crippen LogP contribution in [0.2, 0.25) is 0 Å². The minimum absolute atomic E-state index is 0.0868. The summed E-state index contributed by atoms with van der Waals surface area (Å²) >= 11 is 0. The zero-order valence-electron chi connectivity index (χ0n) is 16.7. The summed E-state index contributed by atoms with van der Waals surface area (Å²) in [6, 6.07) is 12.1. The predicted molar refractivity (Wildman–Crippen MR) is 112 cm³/mol. The lowest BCUT2D eigenvalue weighted by Crippen LogP contribution is -2.37. The minimum Gasteiger partial charge on any atom is -0.349 e. The van der Waals surface area contributed by atoms with Crippen molar-refractivity contribution in [3.05, 3.63) is 59.2 Å². The van der Waals surface area contributed by atoms with Crippen LogP contribution < -0.4 is 10.0 Å². The Hall–Kier alpha value is -2.34. The van der Waals surface area contributed by atoms with Crippen molar-refractivity contribution in [1.82, 2.24) is 5.32 Å². The summed E-state index contributed by atoms with van der Waals surface area (Å²) in [6.07, 6.45) is 4.16. The van der Waals surface area contributed by atoms with Crippen LogP contribution in [0.4, 0.5) is 5.69 Å². The molecule has 1 fully saturated rings. The molecule has 1 amide bonds. The number of rotatable bonds is 5. The summed E-state index contributed by atoms with van der Waals surface area (Å²) in [6.45, 7) is 5.90. The summed E-state index contributed by atoms with van der Waals surface area (Å²) in [5, 5.41) is 3.08. The van der Waals surface area contributed by atoms with Crippen molar-refractivity contribution >= 4 is 21.6 Å². The SMILES string of the molecule is Cc1ccccc1NS(=O)(=O)c1ccc(C)c(C(=O)NC2CCC(C)CC2)c1. The molecule has 0 saturated heterocycles. The van der Waals surface area contributed by atoms with E-state index in [1.165, 1.54) is 12.1 Å². The molecule has 0 aromatic heterocycles. The van der Waals surface area contributed by atoms with Crippen LogP contribution in [0.5, 0.6) is 0 Å². The van der Waals surface area contributed by atoms with Crippen LogP contribution in [0.3, 0.4) is 0 Å². The van der Waals surface area contributed by atoms with Crippen LogP contribution in [0.1, 0.15) is 54.1 Å². The fourth-order valence-electron chi connectivity index (χ4n) is 3.57. The Bertz CT molecular complexity index is 961. The van der Waals surface area contributed by atoms with E-state index in [9.17, 15) is 13.2 Å². The first-order chi connectivity index (χ1) is 13.3. The van der Waals surface area contributed by atoms with E-state index < -0.39 is 10.0 Å². The molecule has 3 rings (SSSR count). The van der Waals surface area contributed by atoms with Crippen molar-refractivity contribution in [3.63, 3.8) is 0 Å². The number of carbonyl (C=O) groups is 1. The van der Waals surface area contributed by atoms with Crippen LogP contribution in [-0.2, 0) is 10.0 Å². The van der Waals surface area contributed by atoms with Gasteiger partial charge in [-0.3, -0.25) is 9.52 Å². The number of anilines is 1. The lowest BCUT2D eigenvalue weighted by atomic mass is 9.87. The summed E-state index contributed by atoms with van der Waals surface area (Å²) in [5.41, 5.74) is 2.54. The first-order valence-corrected chi connectivity index (χ1v) is 11.2. The summed E-state index contributed by atoms with van der Waals surface area (Å²) in [5.74, 6) is 0.501. The Morgan fingerprint density at radius 3 is 2.32 bits per heavy atom. The Kier molecular flexibility index (Phi) is 6.08. The van der Waals surface area contributed by atoms with Gasteiger partial charge in [-0.2, -0.15) is 0 Å². The second-order valence-electron chi connectivity index (χ2n) is 7.83. The zero-order valence-corrected chi connectivity index (χ0v) is 17.5. The Labute approximate surface area is 167 Å². The monoisotopic (exact) mass is 400 g/mol. The molecule has 0 radical (unpaired) electrons. The van der Waals surface area contributed by atoms with E-state index >= 15 is 0 Å². The van der Waals surface area contributed by atoms with Gasteiger partial charge in [0.15, 0.2) is 0 Å². The van der Waals surface area contributed by atoms with Crippen LogP contribution in [0, 0.1) is 19.8 Å². The zero-order chi connectivity index (χ0) is 20.3. The largest absolute Gasteiger partial charge is 0.349 e. The molecule has 28 heavy (non-hydrogen) atoms. The number of nitrogens with one attached hydrogen (secondary N) is 2. The molecule has 0 unspecified atom stereocenters. The van der Waals surface area contributed by atoms with E-state index in [0.29, 0.717) is 17.2 Å². The van der Waals surface area contributed by atoms with Crippen molar-refractivity contribution in [3.8, 4) is 0 Å². The quantitative estimate of drug-likeness (QED) is 0.780. The summed E-state index contributed by atoms with van der Waals surface area (Å²) in [4.78, 5) is 12.9. The fourth-order valence-corrected chi connectivity index (χ4v) is 4.73. The molecule has 5 nitrogen and oxygen atoms in total. The van der Waals surface area contributed by atoms with Gasteiger partial charge < -0.3 is 5.32 Å². The van der Waals surface area contributed by atoms with E-state index in [4.69, 9.17) is 0 Å². The first kappa shape index (κ1) is 20.4. The molecule has 2 aromatic carbocycles. The fraction of sp³-hybridized carbons (Fsp3) is 0.409. The molecular weight excluding hydrogens is 372 g/mol. The van der Waals surface area contributed by atoms with Crippen molar-refractivity contribution < 1.29 is 13.2 Å². The first-order valence-electron chi connectivity index (χ1n) is 9.76. The Morgan fingerprint density at radius 1 is 0.964 bits per heavy atom. The molecule has 1 saturated carbocycles. The molecule has 0 atom stereocenters. The second-order valence-corrected chi connectivity index (χ2v) is 9.51. The molecule has 1 aliphatic rings. The van der Waals surface area contributed by atoms with Gasteiger partial charge in [0, 0.05) is 11.6 Å². The highest BCUT2D eigenvalue weighted by molar-refractivity contribution is 7.92. The number of amides is 1. The Morgan fingerprint density at radius 2 is 1.64 bits per heavy atom. The number of aryl methyl sites for hydroxylation is 2. The normalized spacial score (nSPS) is 19.8. The minimum atomic E-state index is -3.78. The third-order valence-electron chi connectivity index (χ3n) is 5.50. The third-order valence-corrected chi connectivity index (χ3v) is 6.87. The molecule has 2 N–H and O–H groups in total. The van der Waals surface area contributed by atoms with Crippen molar-refractivity contribution in [2.24, 2.45) is 5.92 Å². The molecule has 150 valence electrons. The molecule has 1 aliphatic carbocycles. The van der Waals surface area contributed by atoms with E-state index in [2.05, 4.69) is 17.0 Å². The predicted octanol–water partition coefficient (Wildman–Crippen LogP) is 4.41. The molecule has 0 spiro atoms. The van der Waals surface area contributed by atoms with Gasteiger partial charge in [-0.05, 0) is 74.8 Å². The maximum atomic E-state index is 12.8. The number of carbonyl (C=O) groups excluding carboxylic acids is 1. The average molecular weight is 401 g/mol. The molecule has 0 heterocycles. The van der Waals surface area contributed by atoms with Crippen LogP contribution >= 0.6 is 0 Å². The highest BCUT2D eigenvalue weighted by Gasteiger charge is 2.23. The molecule has 0 aliphatic heterocycles. The van der Waals surface area contributed by atoms with Gasteiger partial charge in [0.2, 0.25) is 0 Å². The lowest BCUT2D eigenvalue weighted by Gasteiger charge is -2.27. The number of para-hydroxylation sites is 1. The average Bonchev–Trinajstić information content (AvgIpc) is 2.65.